The third-order valence-electron chi connectivity index (χ3n) is 6.05. The molecular weight excluding hydrogens is 348 g/mol. The quantitative estimate of drug-likeness (QED) is 0.668. The van der Waals surface area contributed by atoms with Gasteiger partial charge in [-0.3, -0.25) is 0 Å². The van der Waals surface area contributed by atoms with Crippen molar-refractivity contribution in [1.29, 1.82) is 0 Å². The molecule has 1 aliphatic carbocycles. The summed E-state index contributed by atoms with van der Waals surface area (Å²) in [6.07, 6.45) is 7.17. The third-order valence-corrected chi connectivity index (χ3v) is 6.05. The van der Waals surface area contributed by atoms with E-state index in [0.717, 1.165) is 38.0 Å². The second kappa shape index (κ2) is 8.68. The van der Waals surface area contributed by atoms with Crippen LogP contribution >= 0.6 is 0 Å². The lowest BCUT2D eigenvalue weighted by molar-refractivity contribution is 0.217. The van der Waals surface area contributed by atoms with Crippen LogP contribution in [-0.2, 0) is 12.8 Å². The molecule has 2 aromatic carbocycles. The molecule has 3 atom stereocenters. The van der Waals surface area contributed by atoms with Crippen LogP contribution in [0.1, 0.15) is 48.3 Å². The number of hydrogen-bond acceptors (Lipinski definition) is 2. The fraction of sp³-hybridized carbons (Fsp3) is 0.458. The van der Waals surface area contributed by atoms with Crippen molar-refractivity contribution in [2.45, 2.75) is 50.5 Å². The first-order valence-electron chi connectivity index (χ1n) is 10.5. The summed E-state index contributed by atoms with van der Waals surface area (Å²) >= 11 is 0. The summed E-state index contributed by atoms with van der Waals surface area (Å²) in [7, 11) is 1.65. The van der Waals surface area contributed by atoms with E-state index in [9.17, 15) is 4.79 Å². The molecule has 2 aliphatic rings. The minimum absolute atomic E-state index is 0.0946. The molecule has 2 N–H and O–H groups in total. The van der Waals surface area contributed by atoms with Crippen molar-refractivity contribution in [3.63, 3.8) is 0 Å². The van der Waals surface area contributed by atoms with Gasteiger partial charge >= 0.3 is 6.03 Å². The smallest absolute Gasteiger partial charge is 0.314 e. The van der Waals surface area contributed by atoms with E-state index >= 15 is 0 Å². The first kappa shape index (κ1) is 18.9. The molecule has 1 aliphatic heterocycles. The van der Waals surface area contributed by atoms with Gasteiger partial charge in [-0.1, -0.05) is 42.5 Å². The number of urea groups is 1. The molecule has 4 heteroatoms. The number of aryl methyl sites for hydroxylation is 1. The van der Waals surface area contributed by atoms with Crippen molar-refractivity contribution in [2.24, 2.45) is 5.92 Å². The lowest BCUT2D eigenvalue weighted by Gasteiger charge is -2.10. The van der Waals surface area contributed by atoms with Crippen LogP contribution in [0, 0.1) is 5.92 Å². The Hall–Kier alpha value is -2.49. The van der Waals surface area contributed by atoms with Gasteiger partial charge in [-0.05, 0) is 61.1 Å². The Kier molecular flexibility index (Phi) is 5.84. The number of carbonyl (C=O) groups excluding carboxylic acids is 1. The first-order valence-corrected chi connectivity index (χ1v) is 10.5. The first-order chi connectivity index (χ1) is 13.7. The predicted molar refractivity (Wildman–Crippen MR) is 112 cm³/mol. The third kappa shape index (κ3) is 4.49. The minimum atomic E-state index is -0.0946. The number of fused-ring (bicyclic) bond motifs is 1. The number of rotatable bonds is 8. The van der Waals surface area contributed by atoms with Gasteiger partial charge in [0, 0.05) is 25.6 Å². The fourth-order valence-corrected chi connectivity index (χ4v) is 4.38. The normalized spacial score (nSPS) is 22.2. The molecule has 0 radical (unpaired) electrons. The molecule has 4 rings (SSSR count). The van der Waals surface area contributed by atoms with Gasteiger partial charge in [0.15, 0.2) is 0 Å². The second-order valence-corrected chi connectivity index (χ2v) is 8.06. The van der Waals surface area contributed by atoms with E-state index in [0.29, 0.717) is 17.9 Å². The molecular formula is C24H30N2O2. The Morgan fingerprint density at radius 3 is 2.79 bits per heavy atom. The van der Waals surface area contributed by atoms with Gasteiger partial charge in [-0.25, -0.2) is 4.79 Å². The Morgan fingerprint density at radius 1 is 1.11 bits per heavy atom. The summed E-state index contributed by atoms with van der Waals surface area (Å²) in [5, 5.41) is 5.55. The van der Waals surface area contributed by atoms with Gasteiger partial charge in [-0.15, -0.1) is 0 Å². The average Bonchev–Trinajstić information content (AvgIpc) is 3.38. The fourth-order valence-electron chi connectivity index (χ4n) is 4.38. The standard InChI is InChI=1S/C24H30N2O2/c1-25-24(27)26-16-18-14-21(18)20-12-7-13-23-22(20)15-19(28-23)11-6-5-10-17-8-3-2-4-9-17/h2-4,7-9,12-13,18-19,21H,5-6,10-11,14-16H2,1H3,(H2,25,26,27)/t18-,19+,21+/m0/s1. The van der Waals surface area contributed by atoms with E-state index in [1.54, 1.807) is 7.05 Å². The molecule has 1 heterocycles. The van der Waals surface area contributed by atoms with Crippen molar-refractivity contribution in [1.82, 2.24) is 10.6 Å². The molecule has 2 amide bonds. The Morgan fingerprint density at radius 2 is 1.96 bits per heavy atom. The average molecular weight is 379 g/mol. The number of unbranched alkanes of at least 4 members (excludes halogenated alkanes) is 1. The summed E-state index contributed by atoms with van der Waals surface area (Å²) in [4.78, 5) is 11.4. The van der Waals surface area contributed by atoms with Crippen molar-refractivity contribution in [3.8, 4) is 5.75 Å². The van der Waals surface area contributed by atoms with Crippen LogP contribution < -0.4 is 15.4 Å². The predicted octanol–water partition coefficient (Wildman–Crippen LogP) is 4.44. The summed E-state index contributed by atoms with van der Waals surface area (Å²) in [6.45, 7) is 0.748. The monoisotopic (exact) mass is 378 g/mol. The highest BCUT2D eigenvalue weighted by Gasteiger charge is 2.41. The van der Waals surface area contributed by atoms with Crippen LogP contribution in [0.4, 0.5) is 4.79 Å². The van der Waals surface area contributed by atoms with Gasteiger partial charge in [0.1, 0.15) is 11.9 Å². The van der Waals surface area contributed by atoms with E-state index in [1.807, 2.05) is 0 Å². The molecule has 28 heavy (non-hydrogen) atoms. The zero-order chi connectivity index (χ0) is 19.3. The van der Waals surface area contributed by atoms with Crippen molar-refractivity contribution >= 4 is 6.03 Å². The van der Waals surface area contributed by atoms with Crippen LogP contribution in [0.5, 0.6) is 5.75 Å². The molecule has 0 bridgehead atoms. The Labute approximate surface area is 167 Å². The molecule has 1 saturated carbocycles. The topological polar surface area (TPSA) is 50.4 Å². The minimum Gasteiger partial charge on any atom is -0.490 e. The Bertz CT molecular complexity index is 806. The maximum atomic E-state index is 11.4. The molecule has 1 fully saturated rings. The van der Waals surface area contributed by atoms with Crippen LogP contribution in [0.15, 0.2) is 48.5 Å². The molecule has 0 spiro atoms. The molecule has 0 unspecified atom stereocenters. The highest BCUT2D eigenvalue weighted by atomic mass is 16.5. The largest absolute Gasteiger partial charge is 0.490 e. The van der Waals surface area contributed by atoms with E-state index in [4.69, 9.17) is 4.74 Å². The maximum Gasteiger partial charge on any atom is 0.314 e. The molecule has 2 aromatic rings. The van der Waals surface area contributed by atoms with Gasteiger partial charge in [0.05, 0.1) is 0 Å². The lowest BCUT2D eigenvalue weighted by atomic mass is 9.96. The van der Waals surface area contributed by atoms with Gasteiger partial charge in [-0.2, -0.15) is 0 Å². The second-order valence-electron chi connectivity index (χ2n) is 8.06. The number of amides is 2. The van der Waals surface area contributed by atoms with Gasteiger partial charge in [0.25, 0.3) is 0 Å². The molecule has 0 aromatic heterocycles. The van der Waals surface area contributed by atoms with Crippen molar-refractivity contribution in [2.75, 3.05) is 13.6 Å². The summed E-state index contributed by atoms with van der Waals surface area (Å²) in [5.41, 5.74) is 4.27. The van der Waals surface area contributed by atoms with Crippen LogP contribution in [0.25, 0.3) is 0 Å². The van der Waals surface area contributed by atoms with E-state index in [1.165, 1.54) is 29.5 Å². The number of carbonyl (C=O) groups is 1. The molecule has 148 valence electrons. The highest BCUT2D eigenvalue weighted by molar-refractivity contribution is 5.73. The SMILES string of the molecule is CNC(=O)NC[C@@H]1C[C@H]1c1cccc2c1C[C@@H](CCCCc1ccccc1)O2. The van der Waals surface area contributed by atoms with Crippen molar-refractivity contribution in [3.05, 3.63) is 65.2 Å². The summed E-state index contributed by atoms with van der Waals surface area (Å²) in [6, 6.07) is 17.1. The number of hydrogen-bond donors (Lipinski definition) is 2. The van der Waals surface area contributed by atoms with Crippen LogP contribution in [0.2, 0.25) is 0 Å². The molecule has 4 nitrogen and oxygen atoms in total. The van der Waals surface area contributed by atoms with Crippen LogP contribution in [-0.4, -0.2) is 25.7 Å². The van der Waals surface area contributed by atoms with E-state index < -0.39 is 0 Å². The summed E-state index contributed by atoms with van der Waals surface area (Å²) in [5.74, 6) is 2.19. The van der Waals surface area contributed by atoms with Crippen LogP contribution in [0.3, 0.4) is 0 Å². The number of benzene rings is 2. The van der Waals surface area contributed by atoms with E-state index in [2.05, 4.69) is 59.2 Å². The van der Waals surface area contributed by atoms with Crippen molar-refractivity contribution < 1.29 is 9.53 Å². The van der Waals surface area contributed by atoms with Gasteiger partial charge in [0.2, 0.25) is 0 Å². The van der Waals surface area contributed by atoms with E-state index in [-0.39, 0.29) is 6.03 Å². The zero-order valence-corrected chi connectivity index (χ0v) is 16.6. The Balaban J connectivity index is 1.26. The van der Waals surface area contributed by atoms with Gasteiger partial charge < -0.3 is 15.4 Å². The zero-order valence-electron chi connectivity index (χ0n) is 16.6. The number of ether oxygens (including phenoxy) is 1. The maximum absolute atomic E-state index is 11.4. The number of nitrogens with one attached hydrogen (secondary N) is 2. The highest BCUT2D eigenvalue weighted by Crippen LogP contribution is 2.50. The molecule has 0 saturated heterocycles. The lowest BCUT2D eigenvalue weighted by Crippen LogP contribution is -2.34. The summed E-state index contributed by atoms with van der Waals surface area (Å²) < 4.78 is 6.25.